The molecule has 3 aromatic heterocycles. The van der Waals surface area contributed by atoms with Gasteiger partial charge in [-0.3, -0.25) is 4.79 Å². The highest BCUT2D eigenvalue weighted by atomic mass is 16.5. The molecule has 0 bridgehead atoms. The van der Waals surface area contributed by atoms with Crippen LogP contribution in [0.15, 0.2) is 29.0 Å². The lowest BCUT2D eigenvalue weighted by Gasteiger charge is -2.30. The first-order valence-corrected chi connectivity index (χ1v) is 9.57. The van der Waals surface area contributed by atoms with Gasteiger partial charge in [0.15, 0.2) is 5.82 Å². The average Bonchev–Trinajstić information content (AvgIpc) is 3.28. The summed E-state index contributed by atoms with van der Waals surface area (Å²) >= 11 is 0. The van der Waals surface area contributed by atoms with Gasteiger partial charge in [0.2, 0.25) is 5.89 Å². The second-order valence-electron chi connectivity index (χ2n) is 7.78. The topological polar surface area (TPSA) is 76.5 Å². The average molecular weight is 367 g/mol. The molecule has 0 saturated carbocycles. The first kappa shape index (κ1) is 17.7. The highest BCUT2D eigenvalue weighted by Crippen LogP contribution is 2.28. The summed E-state index contributed by atoms with van der Waals surface area (Å²) in [6, 6.07) is 3.94. The minimum Gasteiger partial charge on any atom is -0.339 e. The van der Waals surface area contributed by atoms with Crippen molar-refractivity contribution in [2.45, 2.75) is 46.0 Å². The zero-order valence-electron chi connectivity index (χ0n) is 16.1. The number of carbonyl (C=O) groups is 1. The summed E-state index contributed by atoms with van der Waals surface area (Å²) in [4.78, 5) is 19.6. The molecule has 142 valence electrons. The van der Waals surface area contributed by atoms with Crippen LogP contribution in [0.2, 0.25) is 0 Å². The number of nitrogens with zero attached hydrogens (tertiary/aromatic N) is 5. The molecule has 1 aliphatic rings. The number of hydrogen-bond acceptors (Lipinski definition) is 5. The van der Waals surface area contributed by atoms with Crippen LogP contribution in [0.25, 0.3) is 5.52 Å². The second-order valence-corrected chi connectivity index (χ2v) is 7.78. The number of aromatic nitrogens is 4. The van der Waals surface area contributed by atoms with Crippen molar-refractivity contribution in [2.24, 2.45) is 5.92 Å². The van der Waals surface area contributed by atoms with E-state index in [1.54, 1.807) is 10.7 Å². The summed E-state index contributed by atoms with van der Waals surface area (Å²) in [5, 5.41) is 8.43. The van der Waals surface area contributed by atoms with E-state index in [1.165, 1.54) is 0 Å². The predicted octanol–water partition coefficient (Wildman–Crippen LogP) is 3.24. The normalized spacial score (nSPS) is 17.8. The minimum absolute atomic E-state index is 0.0194. The van der Waals surface area contributed by atoms with E-state index in [4.69, 9.17) is 4.52 Å². The first-order valence-electron chi connectivity index (χ1n) is 9.57. The van der Waals surface area contributed by atoms with E-state index in [0.29, 0.717) is 23.9 Å². The summed E-state index contributed by atoms with van der Waals surface area (Å²) in [6.07, 6.45) is 6.23. The molecule has 7 heteroatoms. The molecule has 0 spiro atoms. The van der Waals surface area contributed by atoms with Gasteiger partial charge < -0.3 is 9.42 Å². The van der Waals surface area contributed by atoms with Gasteiger partial charge in [-0.05, 0) is 37.3 Å². The molecule has 4 heterocycles. The smallest absolute Gasteiger partial charge is 0.257 e. The zero-order chi connectivity index (χ0) is 19.0. The Bertz CT molecular complexity index is 958. The largest absolute Gasteiger partial charge is 0.339 e. The monoisotopic (exact) mass is 367 g/mol. The van der Waals surface area contributed by atoms with E-state index >= 15 is 0 Å². The minimum atomic E-state index is 0.0194. The number of piperidine rings is 1. The van der Waals surface area contributed by atoms with Gasteiger partial charge in [-0.15, -0.1) is 0 Å². The van der Waals surface area contributed by atoms with Gasteiger partial charge in [-0.1, -0.05) is 25.1 Å². The second kappa shape index (κ2) is 7.13. The fraction of sp³-hybridized carbons (Fsp3) is 0.500. The van der Waals surface area contributed by atoms with E-state index in [-0.39, 0.29) is 11.8 Å². The van der Waals surface area contributed by atoms with Gasteiger partial charge >= 0.3 is 0 Å². The maximum absolute atomic E-state index is 13.2. The number of rotatable bonds is 4. The van der Waals surface area contributed by atoms with Crippen molar-refractivity contribution in [1.29, 1.82) is 0 Å². The summed E-state index contributed by atoms with van der Waals surface area (Å²) in [5.74, 6) is 2.00. The van der Waals surface area contributed by atoms with Crippen LogP contribution in [0.1, 0.15) is 60.2 Å². The van der Waals surface area contributed by atoms with Crippen LogP contribution in [-0.4, -0.2) is 43.7 Å². The van der Waals surface area contributed by atoms with Crippen LogP contribution in [0.4, 0.5) is 0 Å². The van der Waals surface area contributed by atoms with Crippen LogP contribution in [0.3, 0.4) is 0 Å². The van der Waals surface area contributed by atoms with Gasteiger partial charge in [0.05, 0.1) is 23.2 Å². The molecular weight excluding hydrogens is 342 g/mol. The third-order valence-corrected chi connectivity index (χ3v) is 5.11. The summed E-state index contributed by atoms with van der Waals surface area (Å²) in [7, 11) is 0. The number of fused-ring (bicyclic) bond motifs is 1. The molecule has 1 unspecified atom stereocenters. The summed E-state index contributed by atoms with van der Waals surface area (Å²) < 4.78 is 7.26. The number of amides is 1. The Balaban J connectivity index is 1.54. The highest BCUT2D eigenvalue weighted by molar-refractivity contribution is 6.01. The molecule has 7 nitrogen and oxygen atoms in total. The molecule has 0 N–H and O–H groups in total. The quantitative estimate of drug-likeness (QED) is 0.707. The molecule has 1 saturated heterocycles. The molecule has 1 aliphatic heterocycles. The lowest BCUT2D eigenvalue weighted by atomic mass is 9.97. The van der Waals surface area contributed by atoms with Crippen LogP contribution < -0.4 is 0 Å². The lowest BCUT2D eigenvalue weighted by molar-refractivity contribution is 0.0697. The van der Waals surface area contributed by atoms with Crippen molar-refractivity contribution in [1.82, 2.24) is 24.7 Å². The number of likely N-dealkylation sites (tertiary alicyclic amines) is 1. The molecule has 27 heavy (non-hydrogen) atoms. The van der Waals surface area contributed by atoms with Crippen molar-refractivity contribution < 1.29 is 9.32 Å². The maximum atomic E-state index is 13.2. The SMILES string of the molecule is Cc1cccn2ncc(C(=O)N3CCCC(c4nc(CC(C)C)no4)C3)c12. The van der Waals surface area contributed by atoms with Gasteiger partial charge in [-0.25, -0.2) is 4.52 Å². The van der Waals surface area contributed by atoms with E-state index in [1.807, 2.05) is 30.2 Å². The van der Waals surface area contributed by atoms with Crippen molar-refractivity contribution in [3.63, 3.8) is 0 Å². The fourth-order valence-electron chi connectivity index (χ4n) is 3.79. The number of pyridine rings is 1. The zero-order valence-corrected chi connectivity index (χ0v) is 16.1. The van der Waals surface area contributed by atoms with Crippen molar-refractivity contribution >= 4 is 11.4 Å². The molecule has 0 radical (unpaired) electrons. The van der Waals surface area contributed by atoms with E-state index in [0.717, 1.165) is 42.7 Å². The Morgan fingerprint density at radius 1 is 1.41 bits per heavy atom. The van der Waals surface area contributed by atoms with Crippen LogP contribution in [0.5, 0.6) is 0 Å². The first-order chi connectivity index (χ1) is 13.0. The van der Waals surface area contributed by atoms with E-state index < -0.39 is 0 Å². The predicted molar refractivity (Wildman–Crippen MR) is 101 cm³/mol. The molecule has 0 aliphatic carbocycles. The Labute approximate surface area is 158 Å². The van der Waals surface area contributed by atoms with Crippen molar-refractivity contribution in [2.75, 3.05) is 13.1 Å². The summed E-state index contributed by atoms with van der Waals surface area (Å²) in [5.41, 5.74) is 2.57. The summed E-state index contributed by atoms with van der Waals surface area (Å²) in [6.45, 7) is 7.61. The molecule has 1 fully saturated rings. The highest BCUT2D eigenvalue weighted by Gasteiger charge is 2.30. The number of hydrogen-bond donors (Lipinski definition) is 0. The lowest BCUT2D eigenvalue weighted by Crippen LogP contribution is -2.39. The third-order valence-electron chi connectivity index (χ3n) is 5.11. The molecule has 0 aromatic carbocycles. The van der Waals surface area contributed by atoms with Gasteiger partial charge in [0.25, 0.3) is 5.91 Å². The van der Waals surface area contributed by atoms with Gasteiger partial charge in [0.1, 0.15) is 0 Å². The van der Waals surface area contributed by atoms with Crippen LogP contribution in [-0.2, 0) is 6.42 Å². The molecular formula is C20H25N5O2. The van der Waals surface area contributed by atoms with Crippen LogP contribution in [0, 0.1) is 12.8 Å². The Hall–Kier alpha value is -2.70. The van der Waals surface area contributed by atoms with Gasteiger partial charge in [-0.2, -0.15) is 10.1 Å². The molecule has 1 amide bonds. The molecule has 4 rings (SSSR count). The Kier molecular flexibility index (Phi) is 4.68. The standard InChI is InChI=1S/C20H25N5O2/c1-13(2)10-17-22-19(27-23-17)15-7-5-8-24(12-15)20(26)16-11-21-25-9-4-6-14(3)18(16)25/h4,6,9,11,13,15H,5,7-8,10,12H2,1-3H3. The molecule has 1 atom stereocenters. The fourth-order valence-corrected chi connectivity index (χ4v) is 3.79. The van der Waals surface area contributed by atoms with Gasteiger partial charge in [0, 0.05) is 25.7 Å². The third kappa shape index (κ3) is 3.46. The Morgan fingerprint density at radius 3 is 3.07 bits per heavy atom. The maximum Gasteiger partial charge on any atom is 0.257 e. The van der Waals surface area contributed by atoms with E-state index in [9.17, 15) is 4.79 Å². The van der Waals surface area contributed by atoms with Crippen LogP contribution >= 0.6 is 0 Å². The number of aryl methyl sites for hydroxylation is 1. The Morgan fingerprint density at radius 2 is 2.26 bits per heavy atom. The number of carbonyl (C=O) groups excluding carboxylic acids is 1. The molecule has 3 aromatic rings. The van der Waals surface area contributed by atoms with Crippen molar-refractivity contribution in [3.8, 4) is 0 Å². The van der Waals surface area contributed by atoms with Crippen molar-refractivity contribution in [3.05, 3.63) is 47.4 Å². The van der Waals surface area contributed by atoms with E-state index in [2.05, 4.69) is 29.1 Å².